The van der Waals surface area contributed by atoms with Gasteiger partial charge in [0.05, 0.1) is 19.1 Å². The van der Waals surface area contributed by atoms with E-state index in [0.717, 1.165) is 0 Å². The van der Waals surface area contributed by atoms with Gasteiger partial charge in [-0.15, -0.1) is 0 Å². The van der Waals surface area contributed by atoms with Gasteiger partial charge in [0.25, 0.3) is 0 Å². The summed E-state index contributed by atoms with van der Waals surface area (Å²) < 4.78 is 4.99. The van der Waals surface area contributed by atoms with Crippen molar-refractivity contribution < 1.29 is 19.1 Å². The number of ketones is 2. The third kappa shape index (κ3) is 4.29. The van der Waals surface area contributed by atoms with Crippen molar-refractivity contribution in [3.8, 4) is 6.07 Å². The fourth-order valence-corrected chi connectivity index (χ4v) is 3.68. The standard InChI is InChI=1S/C26H21NO4/c1-31-25(30)26(18-27,21-15-9-4-10-16-21)22(24(29)20-13-7-3-8-14-20)17-23(28)19-11-5-2-6-12-19/h2-16,22H,17H2,1H3. The average molecular weight is 411 g/mol. The zero-order valence-electron chi connectivity index (χ0n) is 17.0. The van der Waals surface area contributed by atoms with Crippen LogP contribution in [0.25, 0.3) is 0 Å². The van der Waals surface area contributed by atoms with Crippen LogP contribution in [0.1, 0.15) is 32.7 Å². The molecule has 0 amide bonds. The van der Waals surface area contributed by atoms with E-state index in [0.29, 0.717) is 16.7 Å². The molecule has 0 saturated heterocycles. The van der Waals surface area contributed by atoms with Crippen LogP contribution in [0.15, 0.2) is 91.0 Å². The lowest BCUT2D eigenvalue weighted by atomic mass is 9.66. The highest BCUT2D eigenvalue weighted by molar-refractivity contribution is 6.08. The van der Waals surface area contributed by atoms with Gasteiger partial charge < -0.3 is 4.74 Å². The summed E-state index contributed by atoms with van der Waals surface area (Å²) in [7, 11) is 1.17. The van der Waals surface area contributed by atoms with Crippen LogP contribution in [-0.4, -0.2) is 24.6 Å². The number of esters is 1. The van der Waals surface area contributed by atoms with Crippen molar-refractivity contribution in [3.05, 3.63) is 108 Å². The lowest BCUT2D eigenvalue weighted by molar-refractivity contribution is -0.146. The molecule has 2 atom stereocenters. The Morgan fingerprint density at radius 1 is 0.839 bits per heavy atom. The number of rotatable bonds is 8. The van der Waals surface area contributed by atoms with Gasteiger partial charge in [0.15, 0.2) is 17.0 Å². The second-order valence-electron chi connectivity index (χ2n) is 7.05. The first kappa shape index (κ1) is 21.7. The van der Waals surface area contributed by atoms with E-state index in [2.05, 4.69) is 0 Å². The molecule has 5 heteroatoms. The van der Waals surface area contributed by atoms with Crippen molar-refractivity contribution >= 4 is 17.5 Å². The first-order valence-electron chi connectivity index (χ1n) is 9.77. The number of ether oxygens (including phenoxy) is 1. The fraction of sp³-hybridized carbons (Fsp3) is 0.154. The van der Waals surface area contributed by atoms with Crippen LogP contribution in [0.3, 0.4) is 0 Å². The quantitative estimate of drug-likeness (QED) is 0.405. The molecule has 0 radical (unpaired) electrons. The van der Waals surface area contributed by atoms with Crippen molar-refractivity contribution in [2.75, 3.05) is 7.11 Å². The van der Waals surface area contributed by atoms with Gasteiger partial charge in [-0.2, -0.15) is 5.26 Å². The van der Waals surface area contributed by atoms with Gasteiger partial charge in [-0.05, 0) is 5.56 Å². The highest BCUT2D eigenvalue weighted by Gasteiger charge is 2.53. The second kappa shape index (κ2) is 9.64. The predicted molar refractivity (Wildman–Crippen MR) is 115 cm³/mol. The maximum atomic E-state index is 13.6. The van der Waals surface area contributed by atoms with Crippen molar-refractivity contribution in [3.63, 3.8) is 0 Å². The lowest BCUT2D eigenvalue weighted by Gasteiger charge is -2.32. The molecule has 31 heavy (non-hydrogen) atoms. The van der Waals surface area contributed by atoms with E-state index in [4.69, 9.17) is 4.74 Å². The van der Waals surface area contributed by atoms with Crippen LogP contribution < -0.4 is 0 Å². The van der Waals surface area contributed by atoms with Gasteiger partial charge in [-0.3, -0.25) is 9.59 Å². The fourth-order valence-electron chi connectivity index (χ4n) is 3.68. The molecule has 0 fully saturated rings. The Morgan fingerprint density at radius 2 is 1.32 bits per heavy atom. The van der Waals surface area contributed by atoms with E-state index >= 15 is 0 Å². The summed E-state index contributed by atoms with van der Waals surface area (Å²) in [5.74, 6) is -2.96. The van der Waals surface area contributed by atoms with E-state index in [1.165, 1.54) is 7.11 Å². The zero-order valence-corrected chi connectivity index (χ0v) is 17.0. The Labute approximate surface area is 180 Å². The van der Waals surface area contributed by atoms with E-state index in [1.807, 2.05) is 6.07 Å². The number of methoxy groups -OCH3 is 1. The second-order valence-corrected chi connectivity index (χ2v) is 7.05. The molecule has 3 aromatic carbocycles. The molecule has 154 valence electrons. The van der Waals surface area contributed by atoms with Gasteiger partial charge in [-0.1, -0.05) is 91.0 Å². The molecule has 0 aliphatic heterocycles. The Bertz CT molecular complexity index is 1100. The molecular formula is C26H21NO4. The van der Waals surface area contributed by atoms with Crippen molar-refractivity contribution in [2.45, 2.75) is 11.8 Å². The summed E-state index contributed by atoms with van der Waals surface area (Å²) in [6.07, 6.45) is -0.324. The minimum absolute atomic E-state index is 0.305. The normalized spacial score (nSPS) is 13.3. The summed E-state index contributed by atoms with van der Waals surface area (Å²) in [6, 6.07) is 27.2. The minimum Gasteiger partial charge on any atom is -0.468 e. The molecule has 5 nitrogen and oxygen atoms in total. The van der Waals surface area contributed by atoms with Crippen LogP contribution in [0.2, 0.25) is 0 Å². The monoisotopic (exact) mass is 411 g/mol. The summed E-state index contributed by atoms with van der Waals surface area (Å²) in [6.45, 7) is 0. The Hall–Kier alpha value is -4.04. The topological polar surface area (TPSA) is 84.2 Å². The summed E-state index contributed by atoms with van der Waals surface area (Å²) in [4.78, 5) is 39.7. The Balaban J connectivity index is 2.19. The number of nitriles is 1. The molecule has 3 rings (SSSR count). The third-order valence-corrected chi connectivity index (χ3v) is 5.30. The van der Waals surface area contributed by atoms with E-state index in [-0.39, 0.29) is 12.2 Å². The van der Waals surface area contributed by atoms with Crippen LogP contribution in [-0.2, 0) is 14.9 Å². The molecule has 0 N–H and O–H groups in total. The lowest BCUT2D eigenvalue weighted by Crippen LogP contribution is -2.47. The smallest absolute Gasteiger partial charge is 0.331 e. The van der Waals surface area contributed by atoms with E-state index in [1.54, 1.807) is 91.0 Å². The van der Waals surface area contributed by atoms with Gasteiger partial charge in [0, 0.05) is 17.5 Å². The molecule has 0 bridgehead atoms. The van der Waals surface area contributed by atoms with Crippen LogP contribution >= 0.6 is 0 Å². The van der Waals surface area contributed by atoms with Crippen molar-refractivity contribution in [1.82, 2.24) is 0 Å². The number of benzene rings is 3. The molecule has 0 spiro atoms. The van der Waals surface area contributed by atoms with Gasteiger partial charge in [-0.25, -0.2) is 4.79 Å². The summed E-state index contributed by atoms with van der Waals surface area (Å²) in [5, 5.41) is 10.3. The molecule has 0 saturated carbocycles. The number of hydrogen-bond acceptors (Lipinski definition) is 5. The Morgan fingerprint density at radius 3 is 1.81 bits per heavy atom. The number of hydrogen-bond donors (Lipinski definition) is 0. The maximum absolute atomic E-state index is 13.6. The van der Waals surface area contributed by atoms with Gasteiger partial charge in [0.2, 0.25) is 0 Å². The highest BCUT2D eigenvalue weighted by atomic mass is 16.5. The molecule has 3 aromatic rings. The number of nitrogens with zero attached hydrogens (tertiary/aromatic N) is 1. The molecular weight excluding hydrogens is 390 g/mol. The van der Waals surface area contributed by atoms with Gasteiger partial charge in [0.1, 0.15) is 0 Å². The molecule has 0 aliphatic carbocycles. The zero-order chi connectivity index (χ0) is 22.3. The predicted octanol–water partition coefficient (Wildman–Crippen LogP) is 4.39. The molecule has 2 unspecified atom stereocenters. The van der Waals surface area contributed by atoms with Crippen LogP contribution in [0.5, 0.6) is 0 Å². The average Bonchev–Trinajstić information content (AvgIpc) is 2.85. The van der Waals surface area contributed by atoms with E-state index in [9.17, 15) is 19.6 Å². The van der Waals surface area contributed by atoms with Crippen molar-refractivity contribution in [2.24, 2.45) is 5.92 Å². The number of carbonyl (C=O) groups is 3. The first-order valence-corrected chi connectivity index (χ1v) is 9.77. The molecule has 0 aliphatic rings. The number of carbonyl (C=O) groups excluding carboxylic acids is 3. The van der Waals surface area contributed by atoms with E-state index < -0.39 is 23.1 Å². The maximum Gasteiger partial charge on any atom is 0.331 e. The summed E-state index contributed by atoms with van der Waals surface area (Å²) >= 11 is 0. The summed E-state index contributed by atoms with van der Waals surface area (Å²) in [5.41, 5.74) is -0.960. The minimum atomic E-state index is -1.98. The highest BCUT2D eigenvalue weighted by Crippen LogP contribution is 2.38. The molecule has 0 heterocycles. The SMILES string of the molecule is COC(=O)C(C#N)(c1ccccc1)C(CC(=O)c1ccccc1)C(=O)c1ccccc1. The van der Waals surface area contributed by atoms with Crippen molar-refractivity contribution in [1.29, 1.82) is 5.26 Å². The number of Topliss-reactive ketones (excluding diaryl/α,β-unsaturated/α-hetero) is 2. The Kier molecular flexibility index (Phi) is 6.74. The largest absolute Gasteiger partial charge is 0.468 e. The third-order valence-electron chi connectivity index (χ3n) is 5.30. The van der Waals surface area contributed by atoms with Crippen LogP contribution in [0.4, 0.5) is 0 Å². The molecule has 0 aromatic heterocycles. The van der Waals surface area contributed by atoms with Crippen LogP contribution in [0, 0.1) is 17.2 Å². The van der Waals surface area contributed by atoms with Gasteiger partial charge >= 0.3 is 5.97 Å². The first-order chi connectivity index (χ1) is 15.0.